The monoisotopic (exact) mass is 150 g/mol. The Morgan fingerprint density at radius 1 is 1.73 bits per heavy atom. The summed E-state index contributed by atoms with van der Waals surface area (Å²) in [6.07, 6.45) is 4.78. The van der Waals surface area contributed by atoms with Gasteiger partial charge in [0.05, 0.1) is 0 Å². The van der Waals surface area contributed by atoms with Gasteiger partial charge in [0.25, 0.3) is 0 Å². The molecule has 58 valence electrons. The van der Waals surface area contributed by atoms with Crippen molar-refractivity contribution in [3.8, 4) is 0 Å². The van der Waals surface area contributed by atoms with Gasteiger partial charge in [-0.25, -0.2) is 0 Å². The molecule has 0 aromatic heterocycles. The van der Waals surface area contributed by atoms with Gasteiger partial charge in [0.1, 0.15) is 18.0 Å². The van der Waals surface area contributed by atoms with Crippen molar-refractivity contribution in [1.29, 1.82) is 0 Å². The van der Waals surface area contributed by atoms with Gasteiger partial charge in [-0.1, -0.05) is 12.2 Å². The number of hydrogen-bond acceptors (Lipinski definition) is 2. The Hall–Kier alpha value is -0.890. The van der Waals surface area contributed by atoms with E-state index in [0.717, 1.165) is 17.4 Å². The average Bonchev–Trinajstić information content (AvgIpc) is 2.43. The molecule has 0 aromatic rings. The molecule has 2 bridgehead atoms. The van der Waals surface area contributed by atoms with E-state index < -0.39 is 0 Å². The number of rotatable bonds is 1. The highest BCUT2D eigenvalue weighted by atomic mass is 16.5. The van der Waals surface area contributed by atoms with Crippen LogP contribution in [0.15, 0.2) is 23.3 Å². The summed E-state index contributed by atoms with van der Waals surface area (Å²) in [7, 11) is 0. The lowest BCUT2D eigenvalue weighted by atomic mass is 9.90. The Morgan fingerprint density at radius 2 is 2.45 bits per heavy atom. The van der Waals surface area contributed by atoms with Crippen LogP contribution in [0.4, 0.5) is 0 Å². The first kappa shape index (κ1) is 6.80. The van der Waals surface area contributed by atoms with E-state index in [9.17, 15) is 4.79 Å². The summed E-state index contributed by atoms with van der Waals surface area (Å²) in [5, 5.41) is 0. The zero-order valence-electron chi connectivity index (χ0n) is 6.63. The Balaban J connectivity index is 2.50. The fraction of sp³-hybridized carbons (Fsp3) is 0.444. The van der Waals surface area contributed by atoms with Gasteiger partial charge in [0.2, 0.25) is 0 Å². The second kappa shape index (κ2) is 1.83. The van der Waals surface area contributed by atoms with E-state index in [0.29, 0.717) is 0 Å². The first-order valence-electron chi connectivity index (χ1n) is 3.71. The minimum atomic E-state index is -0.291. The maximum Gasteiger partial charge on any atom is 0.149 e. The zero-order valence-corrected chi connectivity index (χ0v) is 6.63. The number of fused-ring (bicyclic) bond motifs is 2. The Kier molecular flexibility index (Phi) is 1.13. The molecule has 0 spiro atoms. The van der Waals surface area contributed by atoms with Gasteiger partial charge >= 0.3 is 0 Å². The molecule has 0 saturated carbocycles. The van der Waals surface area contributed by atoms with Gasteiger partial charge in [-0.05, 0) is 19.4 Å². The van der Waals surface area contributed by atoms with Crippen LogP contribution in [0, 0.1) is 0 Å². The lowest BCUT2D eigenvalue weighted by molar-refractivity contribution is -0.105. The summed E-state index contributed by atoms with van der Waals surface area (Å²) < 4.78 is 5.56. The molecule has 2 unspecified atom stereocenters. The second-order valence-corrected chi connectivity index (χ2v) is 3.20. The smallest absolute Gasteiger partial charge is 0.149 e. The van der Waals surface area contributed by atoms with Crippen LogP contribution in [0.1, 0.15) is 13.8 Å². The molecule has 2 heteroatoms. The number of carbonyl (C=O) groups excluding carboxylic acids is 1. The molecule has 0 N–H and O–H groups in total. The largest absolute Gasteiger partial charge is 0.355 e. The van der Waals surface area contributed by atoms with Crippen molar-refractivity contribution < 1.29 is 9.53 Å². The lowest BCUT2D eigenvalue weighted by Gasteiger charge is -2.17. The van der Waals surface area contributed by atoms with Gasteiger partial charge in [0.15, 0.2) is 0 Å². The summed E-state index contributed by atoms with van der Waals surface area (Å²) >= 11 is 0. The molecule has 0 amide bonds. The Bertz CT molecular complexity index is 275. The molecule has 0 radical (unpaired) electrons. The topological polar surface area (TPSA) is 26.3 Å². The van der Waals surface area contributed by atoms with Crippen molar-refractivity contribution in [2.24, 2.45) is 0 Å². The standard InChI is InChI=1S/C9H10O2/c1-6-7(5-10)8-3-4-9(6,2)11-8/h3-5,8H,1-2H3. The maximum atomic E-state index is 10.6. The van der Waals surface area contributed by atoms with E-state index >= 15 is 0 Å². The van der Waals surface area contributed by atoms with E-state index in [1.807, 2.05) is 26.0 Å². The first-order chi connectivity index (χ1) is 5.17. The van der Waals surface area contributed by atoms with E-state index in [4.69, 9.17) is 4.74 Å². The molecule has 0 saturated heterocycles. The van der Waals surface area contributed by atoms with Gasteiger partial charge in [-0.2, -0.15) is 0 Å². The average molecular weight is 150 g/mol. The zero-order chi connectivity index (χ0) is 8.06. The van der Waals surface area contributed by atoms with Crippen molar-refractivity contribution in [2.75, 3.05) is 0 Å². The van der Waals surface area contributed by atoms with Crippen molar-refractivity contribution in [3.63, 3.8) is 0 Å². The summed E-state index contributed by atoms with van der Waals surface area (Å²) in [5.41, 5.74) is 1.57. The molecule has 2 aliphatic rings. The Morgan fingerprint density at radius 3 is 2.82 bits per heavy atom. The van der Waals surface area contributed by atoms with Crippen molar-refractivity contribution in [2.45, 2.75) is 25.6 Å². The molecule has 2 nitrogen and oxygen atoms in total. The van der Waals surface area contributed by atoms with Gasteiger partial charge in [0, 0.05) is 5.57 Å². The fourth-order valence-corrected chi connectivity index (χ4v) is 1.65. The predicted molar refractivity (Wildman–Crippen MR) is 41.2 cm³/mol. The molecule has 0 aromatic carbocycles. The molecular weight excluding hydrogens is 140 g/mol. The number of aldehydes is 1. The van der Waals surface area contributed by atoms with Gasteiger partial charge in [-0.3, -0.25) is 4.79 Å². The van der Waals surface area contributed by atoms with E-state index in [-0.39, 0.29) is 11.7 Å². The predicted octanol–water partition coefficient (Wildman–Crippen LogP) is 1.23. The fourth-order valence-electron chi connectivity index (χ4n) is 1.65. The van der Waals surface area contributed by atoms with Crippen molar-refractivity contribution in [1.82, 2.24) is 0 Å². The van der Waals surface area contributed by atoms with Crippen LogP contribution < -0.4 is 0 Å². The van der Waals surface area contributed by atoms with Gasteiger partial charge in [-0.15, -0.1) is 0 Å². The molecule has 0 aliphatic carbocycles. The lowest BCUT2D eigenvalue weighted by Crippen LogP contribution is -2.20. The van der Waals surface area contributed by atoms with Crippen LogP contribution in [-0.2, 0) is 9.53 Å². The third kappa shape index (κ3) is 0.676. The normalized spacial score (nSPS) is 40.4. The SMILES string of the molecule is CC1=C(C=O)C2C=CC1(C)O2. The minimum Gasteiger partial charge on any atom is -0.355 e. The molecule has 2 aliphatic heterocycles. The van der Waals surface area contributed by atoms with E-state index in [1.54, 1.807) is 0 Å². The molecule has 11 heavy (non-hydrogen) atoms. The highest BCUT2D eigenvalue weighted by molar-refractivity contribution is 5.80. The van der Waals surface area contributed by atoms with Gasteiger partial charge < -0.3 is 4.74 Å². The Labute approximate surface area is 65.5 Å². The first-order valence-corrected chi connectivity index (χ1v) is 3.71. The minimum absolute atomic E-state index is 0.0718. The highest BCUT2D eigenvalue weighted by Crippen LogP contribution is 2.41. The summed E-state index contributed by atoms with van der Waals surface area (Å²) in [6, 6.07) is 0. The second-order valence-electron chi connectivity index (χ2n) is 3.20. The maximum absolute atomic E-state index is 10.6. The van der Waals surface area contributed by atoms with Crippen LogP contribution in [0.5, 0.6) is 0 Å². The molecule has 2 rings (SSSR count). The number of ether oxygens (including phenoxy) is 1. The molecule has 0 fully saturated rings. The molecule has 2 atom stereocenters. The highest BCUT2D eigenvalue weighted by Gasteiger charge is 2.42. The van der Waals surface area contributed by atoms with Crippen molar-refractivity contribution in [3.05, 3.63) is 23.3 Å². The molecular formula is C9H10O2. The summed E-state index contributed by atoms with van der Waals surface area (Å²) in [5.74, 6) is 0. The number of carbonyl (C=O) groups is 1. The summed E-state index contributed by atoms with van der Waals surface area (Å²) in [4.78, 5) is 10.6. The van der Waals surface area contributed by atoms with Crippen LogP contribution >= 0.6 is 0 Å². The number of hydrogen-bond donors (Lipinski definition) is 0. The quantitative estimate of drug-likeness (QED) is 0.415. The van der Waals surface area contributed by atoms with Crippen molar-refractivity contribution >= 4 is 6.29 Å². The van der Waals surface area contributed by atoms with Crippen LogP contribution in [0.25, 0.3) is 0 Å². The van der Waals surface area contributed by atoms with E-state index in [1.165, 1.54) is 0 Å². The summed E-state index contributed by atoms with van der Waals surface area (Å²) in [6.45, 7) is 3.93. The van der Waals surface area contributed by atoms with Crippen LogP contribution in [0.2, 0.25) is 0 Å². The molecule has 2 heterocycles. The van der Waals surface area contributed by atoms with Crippen LogP contribution in [-0.4, -0.2) is 18.0 Å². The third-order valence-corrected chi connectivity index (χ3v) is 2.57. The third-order valence-electron chi connectivity index (χ3n) is 2.57. The van der Waals surface area contributed by atoms with E-state index in [2.05, 4.69) is 0 Å². The van der Waals surface area contributed by atoms with Crippen LogP contribution in [0.3, 0.4) is 0 Å².